The van der Waals surface area contributed by atoms with Crippen molar-refractivity contribution in [1.82, 2.24) is 4.98 Å². The molecule has 20 heavy (non-hydrogen) atoms. The quantitative estimate of drug-likeness (QED) is 0.889. The highest BCUT2D eigenvalue weighted by atomic mass is 16.4. The standard InChI is InChI=1S/C15H17N3O2/c1-10-5-11(7-16)6-13(17-10)18-8-12-3-2-4-15(12,9-18)14(19)20/h5-6,12H,2-4,8-9H2,1H3,(H,19,20)/t12-,15+/m0/s1. The minimum absolute atomic E-state index is 0.202. The molecule has 0 aromatic carbocycles. The molecule has 0 radical (unpaired) electrons. The van der Waals surface area contributed by atoms with Gasteiger partial charge in [-0.15, -0.1) is 0 Å². The number of carboxylic acid groups (broad SMARTS) is 1. The maximum absolute atomic E-state index is 11.7. The largest absolute Gasteiger partial charge is 0.481 e. The van der Waals surface area contributed by atoms with Crippen LogP contribution in [0.2, 0.25) is 0 Å². The van der Waals surface area contributed by atoms with Crippen LogP contribution in [0.15, 0.2) is 12.1 Å². The average Bonchev–Trinajstić information content (AvgIpc) is 2.95. The predicted molar refractivity (Wildman–Crippen MR) is 73.3 cm³/mol. The smallest absolute Gasteiger partial charge is 0.311 e. The van der Waals surface area contributed by atoms with E-state index < -0.39 is 11.4 Å². The van der Waals surface area contributed by atoms with E-state index in [0.717, 1.165) is 37.3 Å². The Kier molecular flexibility index (Phi) is 2.89. The third-order valence-electron chi connectivity index (χ3n) is 4.69. The molecule has 2 aliphatic rings. The Balaban J connectivity index is 1.93. The van der Waals surface area contributed by atoms with Gasteiger partial charge >= 0.3 is 5.97 Å². The molecule has 0 amide bonds. The van der Waals surface area contributed by atoms with Gasteiger partial charge in [-0.25, -0.2) is 4.98 Å². The monoisotopic (exact) mass is 271 g/mol. The van der Waals surface area contributed by atoms with Crippen molar-refractivity contribution in [2.45, 2.75) is 26.2 Å². The van der Waals surface area contributed by atoms with E-state index in [-0.39, 0.29) is 5.92 Å². The van der Waals surface area contributed by atoms with Crippen molar-refractivity contribution < 1.29 is 9.90 Å². The van der Waals surface area contributed by atoms with Gasteiger partial charge < -0.3 is 10.0 Å². The maximum atomic E-state index is 11.7. The number of carboxylic acids is 1. The number of aryl methyl sites for hydroxylation is 1. The SMILES string of the molecule is Cc1cc(C#N)cc(N2C[C@@H]3CCC[C@@]3(C(=O)O)C2)n1. The van der Waals surface area contributed by atoms with Gasteiger partial charge in [0.1, 0.15) is 5.82 Å². The van der Waals surface area contributed by atoms with Gasteiger partial charge in [-0.2, -0.15) is 5.26 Å². The molecular weight excluding hydrogens is 254 g/mol. The molecule has 2 heterocycles. The first kappa shape index (κ1) is 12.9. The predicted octanol–water partition coefficient (Wildman–Crippen LogP) is 1.95. The Bertz CT molecular complexity index is 608. The van der Waals surface area contributed by atoms with Crippen LogP contribution in [0.1, 0.15) is 30.5 Å². The summed E-state index contributed by atoms with van der Waals surface area (Å²) >= 11 is 0. The number of pyridine rings is 1. The minimum Gasteiger partial charge on any atom is -0.481 e. The van der Waals surface area contributed by atoms with E-state index in [2.05, 4.69) is 11.1 Å². The highest BCUT2D eigenvalue weighted by Gasteiger charge is 2.55. The van der Waals surface area contributed by atoms with Gasteiger partial charge in [-0.3, -0.25) is 4.79 Å². The van der Waals surface area contributed by atoms with Crippen LogP contribution < -0.4 is 4.90 Å². The van der Waals surface area contributed by atoms with Crippen molar-refractivity contribution in [1.29, 1.82) is 5.26 Å². The highest BCUT2D eigenvalue weighted by molar-refractivity contribution is 5.77. The molecule has 1 aliphatic heterocycles. The van der Waals surface area contributed by atoms with Gasteiger partial charge in [0.2, 0.25) is 0 Å². The van der Waals surface area contributed by atoms with E-state index in [4.69, 9.17) is 5.26 Å². The Hall–Kier alpha value is -2.09. The summed E-state index contributed by atoms with van der Waals surface area (Å²) in [5.74, 6) is 0.250. The summed E-state index contributed by atoms with van der Waals surface area (Å²) in [5.41, 5.74) is 0.757. The van der Waals surface area contributed by atoms with E-state index in [0.29, 0.717) is 12.1 Å². The van der Waals surface area contributed by atoms with Crippen LogP contribution in [0.25, 0.3) is 0 Å². The molecule has 2 fully saturated rings. The lowest BCUT2D eigenvalue weighted by atomic mass is 9.81. The summed E-state index contributed by atoms with van der Waals surface area (Å²) in [4.78, 5) is 18.2. The van der Waals surface area contributed by atoms with Crippen LogP contribution in [0.5, 0.6) is 0 Å². The fourth-order valence-electron chi connectivity index (χ4n) is 3.69. The number of carbonyl (C=O) groups is 1. The van der Waals surface area contributed by atoms with Crippen molar-refractivity contribution in [3.8, 4) is 6.07 Å². The second-order valence-corrected chi connectivity index (χ2v) is 5.90. The summed E-state index contributed by atoms with van der Waals surface area (Å²) in [7, 11) is 0. The molecule has 1 aromatic heterocycles. The molecule has 5 heteroatoms. The molecule has 0 unspecified atom stereocenters. The van der Waals surface area contributed by atoms with Crippen LogP contribution in [0, 0.1) is 29.6 Å². The molecule has 3 rings (SSSR count). The van der Waals surface area contributed by atoms with Crippen molar-refractivity contribution in [3.63, 3.8) is 0 Å². The number of nitriles is 1. The van der Waals surface area contributed by atoms with E-state index in [9.17, 15) is 9.90 Å². The molecule has 104 valence electrons. The van der Waals surface area contributed by atoms with Gasteiger partial charge in [0, 0.05) is 18.8 Å². The van der Waals surface area contributed by atoms with Crippen molar-refractivity contribution in [2.75, 3.05) is 18.0 Å². The van der Waals surface area contributed by atoms with Crippen LogP contribution in [-0.2, 0) is 4.79 Å². The molecule has 1 saturated heterocycles. The molecule has 5 nitrogen and oxygen atoms in total. The first-order valence-electron chi connectivity index (χ1n) is 6.92. The summed E-state index contributed by atoms with van der Waals surface area (Å²) in [6.07, 6.45) is 2.72. The number of nitrogens with zero attached hydrogens (tertiary/aromatic N) is 3. The normalized spacial score (nSPS) is 28.2. The lowest BCUT2D eigenvalue weighted by Gasteiger charge is -2.23. The van der Waals surface area contributed by atoms with E-state index >= 15 is 0 Å². The Morgan fingerprint density at radius 3 is 3.05 bits per heavy atom. The topological polar surface area (TPSA) is 77.2 Å². The third-order valence-corrected chi connectivity index (χ3v) is 4.69. The Morgan fingerprint density at radius 2 is 2.40 bits per heavy atom. The number of aliphatic carboxylic acids is 1. The van der Waals surface area contributed by atoms with E-state index in [1.54, 1.807) is 12.1 Å². The fraction of sp³-hybridized carbons (Fsp3) is 0.533. The van der Waals surface area contributed by atoms with E-state index in [1.807, 2.05) is 11.8 Å². The first-order chi connectivity index (χ1) is 9.55. The lowest BCUT2D eigenvalue weighted by molar-refractivity contribution is -0.149. The molecule has 1 N–H and O–H groups in total. The summed E-state index contributed by atoms with van der Waals surface area (Å²) in [6, 6.07) is 5.63. The minimum atomic E-state index is -0.685. The summed E-state index contributed by atoms with van der Waals surface area (Å²) < 4.78 is 0. The zero-order valence-corrected chi connectivity index (χ0v) is 11.5. The Morgan fingerprint density at radius 1 is 1.60 bits per heavy atom. The first-order valence-corrected chi connectivity index (χ1v) is 6.92. The molecule has 1 saturated carbocycles. The number of hydrogen-bond donors (Lipinski definition) is 1. The number of rotatable bonds is 2. The summed E-state index contributed by atoms with van der Waals surface area (Å²) in [6.45, 7) is 3.09. The molecule has 0 spiro atoms. The van der Waals surface area contributed by atoms with Crippen LogP contribution in [0.4, 0.5) is 5.82 Å². The lowest BCUT2D eigenvalue weighted by Crippen LogP contribution is -2.35. The number of aromatic nitrogens is 1. The zero-order chi connectivity index (χ0) is 14.3. The van der Waals surface area contributed by atoms with Crippen molar-refractivity contribution in [2.24, 2.45) is 11.3 Å². The van der Waals surface area contributed by atoms with Gasteiger partial charge in [0.05, 0.1) is 17.0 Å². The molecule has 2 atom stereocenters. The van der Waals surface area contributed by atoms with Crippen LogP contribution in [0.3, 0.4) is 0 Å². The van der Waals surface area contributed by atoms with E-state index in [1.165, 1.54) is 0 Å². The van der Waals surface area contributed by atoms with Gasteiger partial charge in [0.25, 0.3) is 0 Å². The number of fused-ring (bicyclic) bond motifs is 1. The van der Waals surface area contributed by atoms with Gasteiger partial charge in [-0.05, 0) is 37.8 Å². The summed E-state index contributed by atoms with van der Waals surface area (Å²) in [5, 5.41) is 18.6. The van der Waals surface area contributed by atoms with Crippen LogP contribution >= 0.6 is 0 Å². The van der Waals surface area contributed by atoms with Crippen molar-refractivity contribution >= 4 is 11.8 Å². The number of anilines is 1. The highest BCUT2D eigenvalue weighted by Crippen LogP contribution is 2.49. The molecular formula is C15H17N3O2. The molecule has 1 aliphatic carbocycles. The van der Waals surface area contributed by atoms with Crippen LogP contribution in [-0.4, -0.2) is 29.1 Å². The van der Waals surface area contributed by atoms with Crippen molar-refractivity contribution in [3.05, 3.63) is 23.4 Å². The average molecular weight is 271 g/mol. The molecule has 1 aromatic rings. The second-order valence-electron chi connectivity index (χ2n) is 5.90. The molecule has 0 bridgehead atoms. The fourth-order valence-corrected chi connectivity index (χ4v) is 3.69. The number of hydrogen-bond acceptors (Lipinski definition) is 4. The Labute approximate surface area is 117 Å². The third kappa shape index (κ3) is 1.83. The van der Waals surface area contributed by atoms with Gasteiger partial charge in [0.15, 0.2) is 0 Å². The maximum Gasteiger partial charge on any atom is 0.311 e. The van der Waals surface area contributed by atoms with Gasteiger partial charge in [-0.1, -0.05) is 6.42 Å². The zero-order valence-electron chi connectivity index (χ0n) is 11.5. The second kappa shape index (κ2) is 4.48.